The number of aromatic amines is 4. The summed E-state index contributed by atoms with van der Waals surface area (Å²) < 4.78 is 0. The van der Waals surface area contributed by atoms with Crippen molar-refractivity contribution in [2.24, 2.45) is 0 Å². The second kappa shape index (κ2) is 27.1. The molecule has 4 N–H and O–H groups in total. The van der Waals surface area contributed by atoms with Gasteiger partial charge in [0.1, 0.15) is 0 Å². The quantitative estimate of drug-likeness (QED) is 0.127. The molecule has 0 fully saturated rings. The number of hydrogen-bond acceptors (Lipinski definition) is 8. The van der Waals surface area contributed by atoms with E-state index in [2.05, 4.69) is 19.9 Å². The van der Waals surface area contributed by atoms with E-state index < -0.39 is 23.9 Å². The number of rotatable bonds is 4. The van der Waals surface area contributed by atoms with Crippen LogP contribution in [0.25, 0.3) is 108 Å². The number of H-pyrrole nitrogens is 4. The first-order chi connectivity index (χ1) is 42.0. The predicted molar refractivity (Wildman–Crippen MR) is 333 cm³/mol. The van der Waals surface area contributed by atoms with Gasteiger partial charge in [-0.25, -0.2) is 19.9 Å². The van der Waals surface area contributed by atoms with Crippen LogP contribution in [0.2, 0.25) is 0 Å². The Morgan fingerprint density at radius 3 is 0.609 bits per heavy atom. The van der Waals surface area contributed by atoms with Gasteiger partial charge in [-0.2, -0.15) is 0 Å². The molecule has 0 amide bonds. The number of carbonyl (C=O) groups is 4. The summed E-state index contributed by atoms with van der Waals surface area (Å²) in [6.45, 7) is 0. The minimum atomic E-state index is -1.13. The van der Waals surface area contributed by atoms with Crippen molar-refractivity contribution in [3.05, 3.63) is 302 Å². The smallest absolute Gasteiger partial charge is 0.545 e. The molecule has 0 atom stereocenters. The molecule has 0 spiro atoms. The van der Waals surface area contributed by atoms with E-state index in [-0.39, 0.29) is 49.6 Å². The zero-order chi connectivity index (χ0) is 59.5. The van der Waals surface area contributed by atoms with Crippen LogP contribution >= 0.6 is 0 Å². The molecule has 0 bridgehead atoms. The predicted octanol–water partition coefficient (Wildman–Crippen LogP) is 11.4. The number of carbonyl (C=O) groups excluding carboxylic acids is 4. The molecule has 0 aliphatic carbocycles. The summed E-state index contributed by atoms with van der Waals surface area (Å²) in [6, 6.07) is 83.8. The molecule has 14 aromatic carbocycles. The number of carboxylic acid groups (broad SMARTS) is 4. The van der Waals surface area contributed by atoms with Crippen molar-refractivity contribution in [1.82, 2.24) is 9.97 Å². The SMILES string of the molecule is O=C([O-])c1c2ccccc2cc2ccccc12.O=C([O-])c1c2ccccc2cc2ccccc12.O=C([O-])c1c2ccccc2cc2ccccc12.O=C([O-])c1c2ccccc2cc2ccccc12.[Cd+2].c1ccc2[nH+]c[nH]c2c1.c1ccc2[nH+]c[nH]c2c1. The van der Waals surface area contributed by atoms with Crippen molar-refractivity contribution >= 4 is 132 Å². The monoisotopic (exact) mass is 1240 g/mol. The second-order valence-electron chi connectivity index (χ2n) is 19.9. The molecule has 16 aromatic rings. The Bertz CT molecular complexity index is 4340. The number of fused-ring (bicyclic) bond motifs is 10. The van der Waals surface area contributed by atoms with Crippen LogP contribution in [0, 0.1) is 0 Å². The number of aromatic carboxylic acids is 4. The number of para-hydroxylation sites is 4. The molecule has 0 radical (unpaired) electrons. The number of imidazole rings is 2. The van der Waals surface area contributed by atoms with Gasteiger partial charge in [-0.15, -0.1) is 0 Å². The fourth-order valence-electron chi connectivity index (χ4n) is 10.8. The van der Waals surface area contributed by atoms with E-state index in [1.54, 1.807) is 0 Å². The van der Waals surface area contributed by atoms with Crippen LogP contribution in [-0.2, 0) is 27.3 Å². The number of carboxylic acids is 4. The molecule has 87 heavy (non-hydrogen) atoms. The van der Waals surface area contributed by atoms with Crippen LogP contribution in [0.4, 0.5) is 0 Å². The third-order valence-corrected chi connectivity index (χ3v) is 14.7. The fraction of sp³-hybridized carbons (Fsp3) is 0. The first-order valence-electron chi connectivity index (χ1n) is 27.4. The maximum absolute atomic E-state index is 11.3. The molecule has 16 rings (SSSR count). The minimum absolute atomic E-state index is 0. The first-order valence-corrected chi connectivity index (χ1v) is 27.4. The van der Waals surface area contributed by atoms with Gasteiger partial charge in [0.25, 0.3) is 0 Å². The number of nitrogens with one attached hydrogen (secondary N) is 4. The largest absolute Gasteiger partial charge is 2.00 e. The molecule has 416 valence electrons. The van der Waals surface area contributed by atoms with E-state index in [9.17, 15) is 39.6 Å². The van der Waals surface area contributed by atoms with Crippen molar-refractivity contribution < 1.29 is 76.9 Å². The number of aromatic nitrogens is 4. The van der Waals surface area contributed by atoms with Gasteiger partial charge >= 0.3 is 27.3 Å². The molecular formula is C74H50CdN4O8. The molecule has 0 aliphatic heterocycles. The van der Waals surface area contributed by atoms with Crippen LogP contribution in [0.15, 0.2) is 280 Å². The van der Waals surface area contributed by atoms with Crippen molar-refractivity contribution in [1.29, 1.82) is 0 Å². The average molecular weight is 1240 g/mol. The summed E-state index contributed by atoms with van der Waals surface area (Å²) in [7, 11) is 0. The molecule has 0 aliphatic rings. The van der Waals surface area contributed by atoms with Gasteiger partial charge in [-0.3, -0.25) is 0 Å². The van der Waals surface area contributed by atoms with E-state index in [0.717, 1.165) is 108 Å². The van der Waals surface area contributed by atoms with Crippen molar-refractivity contribution in [3.8, 4) is 0 Å². The van der Waals surface area contributed by atoms with E-state index >= 15 is 0 Å². The van der Waals surface area contributed by atoms with E-state index in [1.807, 2.05) is 280 Å². The standard InChI is InChI=1S/4C15H10O2.2C7H6N2.Cd/c4*16-15(17)14-12-7-3-1-5-10(12)9-11-6-2-4-8-13(11)14;2*1-2-4-7-6(3-1)8-5-9-7;/h4*1-9H,(H,16,17);2*1-5H,(H,8,9);/q;;;;;;+2/p-2. The maximum Gasteiger partial charge on any atom is 2.00 e. The Morgan fingerprint density at radius 2 is 0.425 bits per heavy atom. The van der Waals surface area contributed by atoms with Crippen LogP contribution in [-0.4, -0.2) is 33.8 Å². The zero-order valence-corrected chi connectivity index (χ0v) is 50.6. The van der Waals surface area contributed by atoms with Crippen molar-refractivity contribution in [3.63, 3.8) is 0 Å². The molecule has 0 saturated carbocycles. The maximum atomic E-state index is 11.3. The third-order valence-electron chi connectivity index (χ3n) is 14.7. The van der Waals surface area contributed by atoms with E-state index in [1.165, 1.54) is 0 Å². The molecule has 0 unspecified atom stereocenters. The van der Waals surface area contributed by atoms with Crippen LogP contribution in [0.3, 0.4) is 0 Å². The summed E-state index contributed by atoms with van der Waals surface area (Å²) in [5.74, 6) is -4.51. The van der Waals surface area contributed by atoms with Crippen molar-refractivity contribution in [2.75, 3.05) is 0 Å². The second-order valence-corrected chi connectivity index (χ2v) is 19.9. The summed E-state index contributed by atoms with van der Waals surface area (Å²) in [5, 5.41) is 58.5. The van der Waals surface area contributed by atoms with Gasteiger partial charge in [0.05, 0.1) is 23.9 Å². The molecule has 2 aromatic heterocycles. The van der Waals surface area contributed by atoms with Gasteiger partial charge in [-0.05, 0) is 135 Å². The van der Waals surface area contributed by atoms with Crippen LogP contribution in [0.5, 0.6) is 0 Å². The van der Waals surface area contributed by atoms with E-state index in [0.29, 0.717) is 0 Å². The molecule has 2 heterocycles. The molecule has 12 nitrogen and oxygen atoms in total. The Morgan fingerprint density at radius 1 is 0.253 bits per heavy atom. The Hall–Kier alpha value is -11.1. The van der Waals surface area contributed by atoms with Crippen molar-refractivity contribution in [2.45, 2.75) is 0 Å². The minimum Gasteiger partial charge on any atom is -0.545 e. The fourth-order valence-corrected chi connectivity index (χ4v) is 10.8. The summed E-state index contributed by atoms with van der Waals surface area (Å²) in [4.78, 5) is 57.5. The summed E-state index contributed by atoms with van der Waals surface area (Å²) in [6.07, 6.45) is 3.65. The van der Waals surface area contributed by atoms with E-state index in [4.69, 9.17) is 0 Å². The Kier molecular flexibility index (Phi) is 18.4. The van der Waals surface area contributed by atoms with Gasteiger partial charge in [0.15, 0.2) is 22.1 Å². The Labute approximate surface area is 517 Å². The van der Waals surface area contributed by atoms with Gasteiger partial charge in [-0.1, -0.05) is 218 Å². The summed E-state index contributed by atoms with van der Waals surface area (Å²) in [5.41, 5.74) is 5.71. The first kappa shape index (κ1) is 59.1. The Balaban J connectivity index is 0.000000117. The van der Waals surface area contributed by atoms with Crippen LogP contribution in [0.1, 0.15) is 41.4 Å². The molecule has 13 heteroatoms. The molecular weight excluding hydrogens is 1190 g/mol. The van der Waals surface area contributed by atoms with Gasteiger partial charge in [0, 0.05) is 22.3 Å². The third kappa shape index (κ3) is 13.0. The summed E-state index contributed by atoms with van der Waals surface area (Å²) >= 11 is 0. The van der Waals surface area contributed by atoms with Crippen LogP contribution < -0.4 is 30.4 Å². The topological polar surface area (TPSA) is 220 Å². The zero-order valence-electron chi connectivity index (χ0n) is 46.5. The molecule has 0 saturated heterocycles. The number of benzene rings is 14. The average Bonchev–Trinajstić information content (AvgIpc) is 1.88. The normalized spacial score (nSPS) is 10.6. The van der Waals surface area contributed by atoms with Gasteiger partial charge in [0.2, 0.25) is 12.7 Å². The van der Waals surface area contributed by atoms with Gasteiger partial charge < -0.3 is 39.6 Å². The number of hydrogen-bond donors (Lipinski definition) is 2.